The fourth-order valence-corrected chi connectivity index (χ4v) is 4.26. The van der Waals surface area contributed by atoms with E-state index in [9.17, 15) is 23.1 Å². The summed E-state index contributed by atoms with van der Waals surface area (Å²) >= 11 is 0.681. The number of nitrogens with zero attached hydrogens (tertiary/aromatic N) is 2. The number of amides is 1. The smallest absolute Gasteiger partial charge is 0.419 e. The number of amidine groups is 1. The molecule has 0 bridgehead atoms. The summed E-state index contributed by atoms with van der Waals surface area (Å²) in [6, 6.07) is 7.13. The van der Waals surface area contributed by atoms with Crippen LogP contribution in [0.1, 0.15) is 12.5 Å². The molecule has 166 valence electrons. The average molecular weight is 452 g/mol. The summed E-state index contributed by atoms with van der Waals surface area (Å²) in [5.41, 5.74) is -4.06. The van der Waals surface area contributed by atoms with Crippen LogP contribution >= 0.6 is 11.8 Å². The summed E-state index contributed by atoms with van der Waals surface area (Å²) in [7, 11) is 1.17. The van der Waals surface area contributed by atoms with Gasteiger partial charge in [-0.2, -0.15) is 13.2 Å². The Kier molecular flexibility index (Phi) is 6.33. The highest BCUT2D eigenvalue weighted by Gasteiger charge is 2.64. The van der Waals surface area contributed by atoms with Crippen molar-refractivity contribution in [3.05, 3.63) is 35.9 Å². The maximum absolute atomic E-state index is 15.3. The molecule has 1 fully saturated rings. The summed E-state index contributed by atoms with van der Waals surface area (Å²) in [6.45, 7) is 0.282. The van der Waals surface area contributed by atoms with Crippen molar-refractivity contribution in [2.24, 2.45) is 4.99 Å². The molecule has 2 N–H and O–H groups in total. The maximum Gasteiger partial charge on any atom is 0.419 e. The molecule has 1 saturated heterocycles. The molecule has 0 aliphatic carbocycles. The second kappa shape index (κ2) is 8.33. The summed E-state index contributed by atoms with van der Waals surface area (Å²) in [4.78, 5) is 15.8. The van der Waals surface area contributed by atoms with Gasteiger partial charge in [0.15, 0.2) is 16.9 Å². The van der Waals surface area contributed by atoms with E-state index >= 15 is 4.39 Å². The largest absolute Gasteiger partial charge is 0.465 e. The van der Waals surface area contributed by atoms with Gasteiger partial charge in [0.25, 0.3) is 0 Å². The number of thioether (sulfide) groups is 1. The number of aliphatic hydroxyl groups is 1. The number of hydrogen-bond acceptors (Lipinski definition) is 6. The fourth-order valence-electron chi connectivity index (χ4n) is 3.11. The van der Waals surface area contributed by atoms with Crippen molar-refractivity contribution < 1.29 is 42.0 Å². The zero-order valence-corrected chi connectivity index (χ0v) is 16.7. The number of benzene rings is 1. The summed E-state index contributed by atoms with van der Waals surface area (Å²) in [5.74, 6) is 0. The molecule has 3 rings (SSSR count). The van der Waals surface area contributed by atoms with Gasteiger partial charge in [-0.25, -0.2) is 9.18 Å². The third kappa shape index (κ3) is 4.27. The van der Waals surface area contributed by atoms with Gasteiger partial charge in [-0.05, 0) is 12.5 Å². The lowest BCUT2D eigenvalue weighted by Gasteiger charge is -2.45. The van der Waals surface area contributed by atoms with Crippen LogP contribution < -0.4 is 0 Å². The van der Waals surface area contributed by atoms with Crippen LogP contribution in [-0.2, 0) is 16.1 Å². The number of aliphatic imine (C=N–C) groups is 1. The van der Waals surface area contributed by atoms with Crippen LogP contribution in [0.4, 0.5) is 22.4 Å². The Labute approximate surface area is 173 Å². The van der Waals surface area contributed by atoms with E-state index in [1.165, 1.54) is 7.05 Å². The molecule has 12 heteroatoms. The molecule has 7 nitrogen and oxygen atoms in total. The maximum atomic E-state index is 15.3. The topological polar surface area (TPSA) is 91.6 Å². The highest BCUT2D eigenvalue weighted by atomic mass is 32.2. The van der Waals surface area contributed by atoms with E-state index in [-0.39, 0.29) is 11.8 Å². The molecule has 2 aliphatic rings. The number of hydrogen-bond donors (Lipinski definition) is 2. The van der Waals surface area contributed by atoms with Crippen LogP contribution in [-0.4, -0.2) is 75.1 Å². The standard InChI is InChI=1S/C18H20F4N2O5S/c1-17(27,18(20,21)22)13-12(28-8-9-6-4-3-5-7-9)10(19)11-14(29-13)30-15(23-11)24(2)16(25)26/h3-7,10-14,27H,8H2,1-2H3,(H,25,26)/t10-,11-,12+,13+,14-,17?/m1/s1. The van der Waals surface area contributed by atoms with Gasteiger partial charge in [0.1, 0.15) is 23.7 Å². The molecule has 2 heterocycles. The third-order valence-electron chi connectivity index (χ3n) is 4.97. The average Bonchev–Trinajstić information content (AvgIpc) is 3.10. The number of ether oxygens (including phenoxy) is 2. The van der Waals surface area contributed by atoms with Crippen molar-refractivity contribution in [1.82, 2.24) is 4.90 Å². The van der Waals surface area contributed by atoms with E-state index in [1.54, 1.807) is 30.3 Å². The summed E-state index contributed by atoms with van der Waals surface area (Å²) in [5, 5.41) is 19.2. The molecule has 1 unspecified atom stereocenters. The van der Waals surface area contributed by atoms with Crippen molar-refractivity contribution in [2.45, 2.75) is 55.2 Å². The van der Waals surface area contributed by atoms with Crippen LogP contribution in [0.2, 0.25) is 0 Å². The lowest BCUT2D eigenvalue weighted by Crippen LogP contribution is -2.65. The number of carboxylic acid groups (broad SMARTS) is 1. The quantitative estimate of drug-likeness (QED) is 0.683. The minimum atomic E-state index is -5.12. The van der Waals surface area contributed by atoms with Crippen molar-refractivity contribution in [2.75, 3.05) is 7.05 Å². The SMILES string of the molecule is CN(C(=O)O)C1=N[C@@H]2[C@@H](F)[C@H](OCc3ccccc3)[C@@H](C(C)(O)C(F)(F)F)O[C@@H]2S1. The van der Waals surface area contributed by atoms with Gasteiger partial charge in [0.2, 0.25) is 0 Å². The number of rotatable bonds is 4. The molecule has 1 aromatic rings. The van der Waals surface area contributed by atoms with Crippen molar-refractivity contribution in [3.63, 3.8) is 0 Å². The Morgan fingerprint density at radius 1 is 1.33 bits per heavy atom. The van der Waals surface area contributed by atoms with Crippen molar-refractivity contribution in [1.29, 1.82) is 0 Å². The van der Waals surface area contributed by atoms with Gasteiger partial charge in [-0.1, -0.05) is 42.1 Å². The Morgan fingerprint density at radius 3 is 2.53 bits per heavy atom. The number of carbonyl (C=O) groups is 1. The Balaban J connectivity index is 1.89. The normalized spacial score (nSPS) is 30.9. The molecule has 1 aromatic carbocycles. The first kappa shape index (κ1) is 22.8. The third-order valence-corrected chi connectivity index (χ3v) is 6.18. The lowest BCUT2D eigenvalue weighted by molar-refractivity contribution is -0.319. The molecule has 6 atom stereocenters. The number of alkyl halides is 4. The number of fused-ring (bicyclic) bond motifs is 1. The van der Waals surface area contributed by atoms with E-state index in [0.717, 1.165) is 4.90 Å². The summed E-state index contributed by atoms with van der Waals surface area (Å²) in [6.07, 6.45) is -12.4. The summed E-state index contributed by atoms with van der Waals surface area (Å²) < 4.78 is 66.7. The predicted octanol–water partition coefficient (Wildman–Crippen LogP) is 3.03. The van der Waals surface area contributed by atoms with Gasteiger partial charge in [0, 0.05) is 7.05 Å². The molecule has 0 spiro atoms. The molecule has 0 radical (unpaired) electrons. The molecule has 1 amide bonds. The minimum absolute atomic E-state index is 0.116. The van der Waals surface area contributed by atoms with Crippen LogP contribution in [0.5, 0.6) is 0 Å². The van der Waals surface area contributed by atoms with Gasteiger partial charge in [-0.3, -0.25) is 9.89 Å². The monoisotopic (exact) mass is 452 g/mol. The van der Waals surface area contributed by atoms with Gasteiger partial charge in [0.05, 0.1) is 6.61 Å². The van der Waals surface area contributed by atoms with E-state index in [0.29, 0.717) is 24.2 Å². The van der Waals surface area contributed by atoms with Crippen molar-refractivity contribution in [3.8, 4) is 0 Å². The van der Waals surface area contributed by atoms with Crippen LogP contribution in [0, 0.1) is 0 Å². The fraction of sp³-hybridized carbons (Fsp3) is 0.556. The lowest BCUT2D eigenvalue weighted by atomic mass is 9.87. The van der Waals surface area contributed by atoms with E-state index in [4.69, 9.17) is 14.6 Å². The Morgan fingerprint density at radius 2 is 1.97 bits per heavy atom. The molecular formula is C18H20F4N2O5S. The van der Waals surface area contributed by atoms with Crippen LogP contribution in [0.3, 0.4) is 0 Å². The molecule has 0 aromatic heterocycles. The van der Waals surface area contributed by atoms with Crippen LogP contribution in [0.25, 0.3) is 0 Å². The molecule has 30 heavy (non-hydrogen) atoms. The van der Waals surface area contributed by atoms with E-state index in [2.05, 4.69) is 4.99 Å². The van der Waals surface area contributed by atoms with Gasteiger partial charge < -0.3 is 19.7 Å². The number of halogens is 4. The minimum Gasteiger partial charge on any atom is -0.465 e. The highest BCUT2D eigenvalue weighted by Crippen LogP contribution is 2.45. The molecule has 0 saturated carbocycles. The molecule has 2 aliphatic heterocycles. The van der Waals surface area contributed by atoms with E-state index in [1.807, 2.05) is 0 Å². The Hall–Kier alpha value is -1.89. The first-order valence-corrected chi connectivity index (χ1v) is 9.76. The van der Waals surface area contributed by atoms with E-state index < -0.39 is 47.7 Å². The molecular weight excluding hydrogens is 432 g/mol. The first-order chi connectivity index (χ1) is 13.9. The van der Waals surface area contributed by atoms with Crippen LogP contribution in [0.15, 0.2) is 35.3 Å². The van der Waals surface area contributed by atoms with Gasteiger partial charge in [-0.15, -0.1) is 0 Å². The predicted molar refractivity (Wildman–Crippen MR) is 99.9 cm³/mol. The Bertz CT molecular complexity index is 808. The zero-order chi connectivity index (χ0) is 22.3. The second-order valence-electron chi connectivity index (χ2n) is 7.14. The second-order valence-corrected chi connectivity index (χ2v) is 8.20. The van der Waals surface area contributed by atoms with Gasteiger partial charge >= 0.3 is 12.3 Å². The zero-order valence-electron chi connectivity index (χ0n) is 15.9. The highest BCUT2D eigenvalue weighted by molar-refractivity contribution is 8.14. The van der Waals surface area contributed by atoms with Crippen molar-refractivity contribution >= 4 is 23.0 Å². The first-order valence-electron chi connectivity index (χ1n) is 8.88.